The number of benzene rings is 1. The minimum Gasteiger partial charge on any atom is -0.490 e. The van der Waals surface area contributed by atoms with Gasteiger partial charge in [0.15, 0.2) is 11.6 Å². The zero-order valence-corrected chi connectivity index (χ0v) is 10.9. The second-order valence-corrected chi connectivity index (χ2v) is 3.86. The predicted octanol–water partition coefficient (Wildman–Crippen LogP) is 2.73. The number of methoxy groups -OCH3 is 1. The first kappa shape index (κ1) is 17.0. The summed E-state index contributed by atoms with van der Waals surface area (Å²) >= 11 is 0. The fraction of sp³-hybridized carbons (Fsp3) is 0.455. The predicted molar refractivity (Wildman–Crippen MR) is 65.0 cm³/mol. The summed E-state index contributed by atoms with van der Waals surface area (Å²) in [4.78, 5) is 9.84. The number of halogens is 4. The molecule has 0 saturated heterocycles. The molecule has 0 fully saturated rings. The summed E-state index contributed by atoms with van der Waals surface area (Å²) in [5, 5.41) is 13.1. The maximum Gasteiger partial charge on any atom is 0.411 e. The number of hydrogen-bond donors (Lipinski definition) is 1. The van der Waals surface area contributed by atoms with Crippen LogP contribution in [-0.2, 0) is 4.74 Å². The van der Waals surface area contributed by atoms with Crippen molar-refractivity contribution in [1.29, 1.82) is 0 Å². The van der Waals surface area contributed by atoms with E-state index in [1.54, 1.807) is 0 Å². The highest BCUT2D eigenvalue weighted by Crippen LogP contribution is 2.32. The topological polar surface area (TPSA) is 73.6 Å². The van der Waals surface area contributed by atoms with Crippen LogP contribution in [0.3, 0.4) is 0 Å². The maximum absolute atomic E-state index is 13.6. The lowest BCUT2D eigenvalue weighted by atomic mass is 10.2. The van der Waals surface area contributed by atoms with Crippen LogP contribution >= 0.6 is 0 Å². The monoisotopic (exact) mass is 312 g/mol. The van der Waals surface area contributed by atoms with E-state index in [2.05, 4.69) is 10.1 Å². The number of nitrogens with zero attached hydrogens (tertiary/aromatic N) is 1. The van der Waals surface area contributed by atoms with Gasteiger partial charge >= 0.3 is 11.9 Å². The van der Waals surface area contributed by atoms with Gasteiger partial charge < -0.3 is 14.8 Å². The molecule has 0 atom stereocenters. The minimum atomic E-state index is -4.43. The lowest BCUT2D eigenvalue weighted by molar-refractivity contribution is -0.385. The van der Waals surface area contributed by atoms with Crippen LogP contribution < -0.4 is 10.1 Å². The van der Waals surface area contributed by atoms with Gasteiger partial charge in [-0.15, -0.1) is 0 Å². The van der Waals surface area contributed by atoms with Gasteiger partial charge in [-0.05, 0) is 0 Å². The molecule has 0 heterocycles. The van der Waals surface area contributed by atoms with Gasteiger partial charge in [-0.1, -0.05) is 0 Å². The lowest BCUT2D eigenvalue weighted by Crippen LogP contribution is -2.20. The molecule has 21 heavy (non-hydrogen) atoms. The molecule has 0 radical (unpaired) electrons. The Balaban J connectivity index is 2.62. The number of hydrogen-bond acceptors (Lipinski definition) is 5. The quantitative estimate of drug-likeness (QED) is 0.363. The summed E-state index contributed by atoms with van der Waals surface area (Å²) in [6.07, 6.45) is -4.43. The Morgan fingerprint density at radius 3 is 2.57 bits per heavy atom. The van der Waals surface area contributed by atoms with E-state index in [9.17, 15) is 27.7 Å². The molecule has 0 amide bonds. The van der Waals surface area contributed by atoms with Crippen molar-refractivity contribution in [3.8, 4) is 5.75 Å². The molecule has 118 valence electrons. The molecular formula is C11H12F4N2O4. The van der Waals surface area contributed by atoms with Crippen molar-refractivity contribution < 1.29 is 32.0 Å². The van der Waals surface area contributed by atoms with Gasteiger partial charge in [-0.25, -0.2) is 4.39 Å². The number of nitrogens with one attached hydrogen (secondary N) is 1. The molecular weight excluding hydrogens is 300 g/mol. The van der Waals surface area contributed by atoms with Crippen molar-refractivity contribution in [3.63, 3.8) is 0 Å². The number of alkyl halides is 3. The van der Waals surface area contributed by atoms with E-state index < -0.39 is 29.2 Å². The Morgan fingerprint density at radius 2 is 2.05 bits per heavy atom. The molecule has 0 aromatic heterocycles. The van der Waals surface area contributed by atoms with Crippen molar-refractivity contribution in [2.45, 2.75) is 6.18 Å². The second kappa shape index (κ2) is 7.07. The molecule has 1 N–H and O–H groups in total. The zero-order chi connectivity index (χ0) is 16.0. The number of rotatable bonds is 7. The molecule has 6 nitrogen and oxygen atoms in total. The molecule has 10 heteroatoms. The molecule has 0 aliphatic carbocycles. The molecule has 1 aromatic rings. The van der Waals surface area contributed by atoms with Crippen LogP contribution in [0.2, 0.25) is 0 Å². The molecule has 0 unspecified atom stereocenters. The highest BCUT2D eigenvalue weighted by Gasteiger charge is 2.27. The van der Waals surface area contributed by atoms with Crippen molar-refractivity contribution in [2.75, 3.05) is 32.2 Å². The van der Waals surface area contributed by atoms with E-state index in [1.807, 2.05) is 0 Å². The Labute approximate surface area is 116 Å². The third kappa shape index (κ3) is 5.42. The van der Waals surface area contributed by atoms with Gasteiger partial charge in [0, 0.05) is 12.6 Å². The smallest absolute Gasteiger partial charge is 0.411 e. The van der Waals surface area contributed by atoms with Crippen LogP contribution in [0.5, 0.6) is 5.75 Å². The first-order valence-corrected chi connectivity index (χ1v) is 5.65. The Morgan fingerprint density at radius 1 is 1.38 bits per heavy atom. The van der Waals surface area contributed by atoms with E-state index in [0.29, 0.717) is 6.07 Å². The number of ether oxygens (including phenoxy) is 2. The van der Waals surface area contributed by atoms with Gasteiger partial charge in [0.25, 0.3) is 0 Å². The van der Waals surface area contributed by atoms with E-state index in [4.69, 9.17) is 4.74 Å². The first-order valence-electron chi connectivity index (χ1n) is 5.65. The second-order valence-electron chi connectivity index (χ2n) is 3.86. The summed E-state index contributed by atoms with van der Waals surface area (Å²) < 4.78 is 58.1. The van der Waals surface area contributed by atoms with E-state index in [0.717, 1.165) is 6.07 Å². The van der Waals surface area contributed by atoms with Crippen LogP contribution in [0.4, 0.5) is 28.9 Å². The number of anilines is 1. The molecule has 0 bridgehead atoms. The van der Waals surface area contributed by atoms with Crippen LogP contribution in [-0.4, -0.2) is 38.0 Å². The minimum absolute atomic E-state index is 0.103. The van der Waals surface area contributed by atoms with E-state index in [1.165, 1.54) is 7.11 Å². The highest BCUT2D eigenvalue weighted by molar-refractivity contribution is 5.59. The van der Waals surface area contributed by atoms with Crippen LogP contribution in [0.25, 0.3) is 0 Å². The average molecular weight is 312 g/mol. The van der Waals surface area contributed by atoms with Gasteiger partial charge in [-0.3, -0.25) is 10.1 Å². The SMILES string of the molecule is COc1cc(NCCOCC(F)(F)F)c(F)cc1[N+](=O)[O-]. The molecule has 1 aromatic carbocycles. The van der Waals surface area contributed by atoms with E-state index >= 15 is 0 Å². The molecule has 0 aliphatic heterocycles. The Kier molecular flexibility index (Phi) is 5.70. The summed E-state index contributed by atoms with van der Waals surface area (Å²) in [6, 6.07) is 1.72. The summed E-state index contributed by atoms with van der Waals surface area (Å²) in [5.41, 5.74) is -0.679. The lowest BCUT2D eigenvalue weighted by Gasteiger charge is -2.11. The standard InChI is InChI=1S/C11H12F4N2O4/c1-20-10-5-8(7(12)4-9(10)17(18)19)16-2-3-21-6-11(13,14)15/h4-5,16H,2-3,6H2,1H3. The first-order chi connectivity index (χ1) is 9.74. The Bertz CT molecular complexity index is 508. The fourth-order valence-corrected chi connectivity index (χ4v) is 1.43. The Hall–Kier alpha value is -2.10. The normalized spacial score (nSPS) is 11.3. The summed E-state index contributed by atoms with van der Waals surface area (Å²) in [6.45, 7) is -1.81. The van der Waals surface area contributed by atoms with Crippen LogP contribution in [0.1, 0.15) is 0 Å². The van der Waals surface area contributed by atoms with Crippen LogP contribution in [0.15, 0.2) is 12.1 Å². The summed E-state index contributed by atoms with van der Waals surface area (Å²) in [7, 11) is 1.18. The van der Waals surface area contributed by atoms with Crippen molar-refractivity contribution in [2.24, 2.45) is 0 Å². The molecule has 0 aliphatic rings. The van der Waals surface area contributed by atoms with Gasteiger partial charge in [0.1, 0.15) is 6.61 Å². The van der Waals surface area contributed by atoms with Crippen molar-refractivity contribution in [3.05, 3.63) is 28.1 Å². The third-order valence-electron chi connectivity index (χ3n) is 2.29. The van der Waals surface area contributed by atoms with Gasteiger partial charge in [0.05, 0.1) is 30.4 Å². The van der Waals surface area contributed by atoms with Crippen LogP contribution in [0, 0.1) is 15.9 Å². The highest BCUT2D eigenvalue weighted by atomic mass is 19.4. The molecule has 0 spiro atoms. The largest absolute Gasteiger partial charge is 0.490 e. The molecule has 0 saturated carbocycles. The fourth-order valence-electron chi connectivity index (χ4n) is 1.43. The van der Waals surface area contributed by atoms with E-state index in [-0.39, 0.29) is 24.6 Å². The summed E-state index contributed by atoms with van der Waals surface area (Å²) in [5.74, 6) is -1.08. The number of nitro benzene ring substituents is 1. The third-order valence-corrected chi connectivity index (χ3v) is 2.29. The maximum atomic E-state index is 13.6. The molecule has 1 rings (SSSR count). The van der Waals surface area contributed by atoms with Crippen molar-refractivity contribution in [1.82, 2.24) is 0 Å². The average Bonchev–Trinajstić information content (AvgIpc) is 2.38. The number of nitro groups is 1. The zero-order valence-electron chi connectivity index (χ0n) is 10.9. The van der Waals surface area contributed by atoms with Crippen molar-refractivity contribution >= 4 is 11.4 Å². The van der Waals surface area contributed by atoms with Gasteiger partial charge in [0.2, 0.25) is 0 Å². The van der Waals surface area contributed by atoms with Gasteiger partial charge in [-0.2, -0.15) is 13.2 Å².